The molecular weight excluding hydrogens is 498 g/mol. The number of halogens is 2. The Hall–Kier alpha value is -2.77. The summed E-state index contributed by atoms with van der Waals surface area (Å²) in [5.74, 6) is -2.76. The molecule has 0 saturated heterocycles. The molecule has 2 rings (SSSR count). The van der Waals surface area contributed by atoms with Crippen LogP contribution in [0.5, 0.6) is 0 Å². The summed E-state index contributed by atoms with van der Waals surface area (Å²) < 4.78 is 32.0. The number of rotatable bonds is 10. The third kappa shape index (κ3) is 18.2. The second-order valence-corrected chi connectivity index (χ2v) is 8.59. The van der Waals surface area contributed by atoms with Crippen LogP contribution in [-0.2, 0) is 17.1 Å². The molecule has 1 aromatic carbocycles. The Labute approximate surface area is 236 Å². The summed E-state index contributed by atoms with van der Waals surface area (Å²) in [6, 6.07) is 8.97. The van der Waals surface area contributed by atoms with Crippen LogP contribution in [0.3, 0.4) is 0 Å². The first-order valence-electron chi connectivity index (χ1n) is 13.4. The van der Waals surface area contributed by atoms with Gasteiger partial charge in [-0.2, -0.15) is 0 Å². The van der Waals surface area contributed by atoms with Crippen molar-refractivity contribution in [1.29, 1.82) is 0 Å². The number of hydrogen-bond acceptors (Lipinski definition) is 5. The van der Waals surface area contributed by atoms with Crippen molar-refractivity contribution in [3.63, 3.8) is 0 Å². The first-order chi connectivity index (χ1) is 18.4. The number of Topliss-reactive ketones (excluding diaryl/α,β-unsaturated/α-hetero) is 1. The van der Waals surface area contributed by atoms with Crippen LogP contribution in [0.25, 0.3) is 5.57 Å². The summed E-state index contributed by atoms with van der Waals surface area (Å²) in [6.07, 6.45) is 4.24. The molecule has 1 N–H and O–H groups in total. The van der Waals surface area contributed by atoms with Crippen LogP contribution in [0.2, 0.25) is 0 Å². The minimum absolute atomic E-state index is 0.0386. The largest absolute Gasteiger partial charge is 0.400 e. The number of aromatic nitrogens is 1. The van der Waals surface area contributed by atoms with E-state index in [1.807, 2.05) is 45.0 Å². The molecule has 5 nitrogen and oxygen atoms in total. The minimum atomic E-state index is -2.90. The third-order valence-electron chi connectivity index (χ3n) is 5.08. The first-order valence-corrected chi connectivity index (χ1v) is 13.4. The number of aliphatic imine (C=N–C) groups is 1. The van der Waals surface area contributed by atoms with Crippen molar-refractivity contribution >= 4 is 18.1 Å². The summed E-state index contributed by atoms with van der Waals surface area (Å²) >= 11 is 0. The predicted molar refractivity (Wildman–Crippen MR) is 163 cm³/mol. The number of pyridine rings is 1. The second-order valence-electron chi connectivity index (χ2n) is 8.59. The highest BCUT2D eigenvalue weighted by Crippen LogP contribution is 2.31. The molecule has 0 bridgehead atoms. The van der Waals surface area contributed by atoms with Crippen LogP contribution in [0.15, 0.2) is 48.1 Å². The van der Waals surface area contributed by atoms with Crippen LogP contribution in [0.1, 0.15) is 94.1 Å². The number of benzene rings is 1. The SMILES string of the molecule is C=C(c1ncc(C(C)(F)F)cc1C)C(C)Cc1ccc(C(C)=O)cc1.C=NC.CC.CCCOCCC.CO. The number of aliphatic hydroxyl groups excluding tert-OH is 1. The van der Waals surface area contributed by atoms with Crippen LogP contribution < -0.4 is 0 Å². The van der Waals surface area contributed by atoms with Gasteiger partial charge < -0.3 is 14.8 Å². The normalized spacial score (nSPS) is 10.5. The van der Waals surface area contributed by atoms with Gasteiger partial charge in [-0.3, -0.25) is 9.78 Å². The van der Waals surface area contributed by atoms with Crippen molar-refractivity contribution in [2.24, 2.45) is 10.9 Å². The van der Waals surface area contributed by atoms with Crippen molar-refractivity contribution in [3.8, 4) is 0 Å². The molecule has 0 aliphatic heterocycles. The molecule has 1 aromatic heterocycles. The van der Waals surface area contributed by atoms with Crippen molar-refractivity contribution in [3.05, 3.63) is 71.1 Å². The number of carbonyl (C=O) groups excluding carboxylic acids is 1. The number of nitrogens with zero attached hydrogens (tertiary/aromatic N) is 2. The van der Waals surface area contributed by atoms with E-state index >= 15 is 0 Å². The molecule has 2 aromatic rings. The number of allylic oxidation sites excluding steroid dienone is 1. The van der Waals surface area contributed by atoms with Crippen LogP contribution in [0, 0.1) is 12.8 Å². The molecule has 39 heavy (non-hydrogen) atoms. The van der Waals surface area contributed by atoms with E-state index < -0.39 is 5.92 Å². The lowest BCUT2D eigenvalue weighted by Crippen LogP contribution is -2.11. The maximum atomic E-state index is 13.4. The Morgan fingerprint density at radius 3 is 1.95 bits per heavy atom. The average molecular weight is 551 g/mol. The fourth-order valence-corrected chi connectivity index (χ4v) is 3.13. The highest BCUT2D eigenvalue weighted by atomic mass is 19.3. The number of aliphatic hydroxyl groups is 1. The quantitative estimate of drug-likeness (QED) is 0.183. The molecule has 0 amide bonds. The van der Waals surface area contributed by atoms with E-state index in [2.05, 4.69) is 37.1 Å². The summed E-state index contributed by atoms with van der Waals surface area (Å²) in [5, 5.41) is 7.00. The van der Waals surface area contributed by atoms with Crippen LogP contribution >= 0.6 is 0 Å². The van der Waals surface area contributed by atoms with E-state index in [0.29, 0.717) is 16.8 Å². The molecule has 1 atom stereocenters. The van der Waals surface area contributed by atoms with Crippen molar-refractivity contribution in [2.45, 2.75) is 80.6 Å². The first kappa shape index (κ1) is 40.7. The lowest BCUT2D eigenvalue weighted by molar-refractivity contribution is 0.0170. The summed E-state index contributed by atoms with van der Waals surface area (Å²) in [7, 11) is 2.64. The van der Waals surface area contributed by atoms with Gasteiger partial charge in [0.05, 0.1) is 5.69 Å². The molecule has 0 aliphatic rings. The van der Waals surface area contributed by atoms with Gasteiger partial charge in [-0.15, -0.1) is 0 Å². The fourth-order valence-electron chi connectivity index (χ4n) is 3.13. The zero-order valence-corrected chi connectivity index (χ0v) is 25.9. The van der Waals surface area contributed by atoms with E-state index in [4.69, 9.17) is 9.84 Å². The van der Waals surface area contributed by atoms with Gasteiger partial charge >= 0.3 is 0 Å². The topological polar surface area (TPSA) is 71.8 Å². The Bertz CT molecular complexity index is 920. The average Bonchev–Trinajstić information content (AvgIpc) is 2.91. The molecule has 0 saturated carbocycles. The van der Waals surface area contributed by atoms with Crippen molar-refractivity contribution in [1.82, 2.24) is 4.98 Å². The third-order valence-corrected chi connectivity index (χ3v) is 5.08. The molecular formula is C32H52F2N2O3. The van der Waals surface area contributed by atoms with Gasteiger partial charge in [-0.25, -0.2) is 8.78 Å². The zero-order chi connectivity index (χ0) is 31.0. The van der Waals surface area contributed by atoms with Crippen molar-refractivity contribution < 1.29 is 23.4 Å². The number of ether oxygens (including phenoxy) is 1. The smallest absolute Gasteiger partial charge is 0.272 e. The highest BCUT2D eigenvalue weighted by molar-refractivity contribution is 5.94. The van der Waals surface area contributed by atoms with E-state index in [9.17, 15) is 13.6 Å². The van der Waals surface area contributed by atoms with E-state index in [1.54, 1.807) is 14.0 Å². The molecule has 222 valence electrons. The summed E-state index contributed by atoms with van der Waals surface area (Å²) in [4.78, 5) is 18.8. The molecule has 7 heteroatoms. The van der Waals surface area contributed by atoms with E-state index in [-0.39, 0.29) is 17.3 Å². The van der Waals surface area contributed by atoms with Crippen LogP contribution in [-0.4, -0.2) is 50.0 Å². The number of carbonyl (C=O) groups is 1. The van der Waals surface area contributed by atoms with Gasteiger partial charge in [0.15, 0.2) is 5.78 Å². The van der Waals surface area contributed by atoms with E-state index in [1.165, 1.54) is 19.2 Å². The lowest BCUT2D eigenvalue weighted by atomic mass is 9.90. The molecule has 0 fully saturated rings. The van der Waals surface area contributed by atoms with Gasteiger partial charge in [0.2, 0.25) is 0 Å². The van der Waals surface area contributed by atoms with Gasteiger partial charge in [-0.1, -0.05) is 65.5 Å². The Balaban J connectivity index is -0.000000776. The zero-order valence-electron chi connectivity index (χ0n) is 25.9. The van der Waals surface area contributed by atoms with Gasteiger partial charge in [0.1, 0.15) is 0 Å². The number of hydrogen-bond donors (Lipinski definition) is 1. The number of alkyl halides is 2. The molecule has 0 spiro atoms. The Morgan fingerprint density at radius 1 is 1.13 bits per heavy atom. The maximum absolute atomic E-state index is 13.4. The minimum Gasteiger partial charge on any atom is -0.400 e. The fraction of sp³-hybridized carbons (Fsp3) is 0.531. The molecule has 0 aliphatic carbocycles. The standard InChI is InChI=1S/C21H23F2NO.C6H14O.C2H5N.C2H6.CH4O/c1-13(10-17-6-8-18(9-7-17)16(4)25)15(3)20-14(2)11-19(12-24-20)21(5,22)23;1-3-5-7-6-4-2;1-3-2;2*1-2/h6-9,11-13H,3,10H2,1-2,4-5H3;3-6H2,1-2H3;1H2,2H3;1-2H3;2H,1H3. The highest BCUT2D eigenvalue weighted by Gasteiger charge is 2.26. The molecule has 0 radical (unpaired) electrons. The summed E-state index contributed by atoms with van der Waals surface area (Å²) in [5.41, 5.74) is 3.87. The summed E-state index contributed by atoms with van der Waals surface area (Å²) in [6.45, 7) is 23.5. The number of ketones is 1. The monoisotopic (exact) mass is 550 g/mol. The Morgan fingerprint density at radius 2 is 1.59 bits per heavy atom. The predicted octanol–water partition coefficient (Wildman–Crippen LogP) is 8.37. The van der Waals surface area contributed by atoms with Crippen molar-refractivity contribution in [2.75, 3.05) is 27.4 Å². The number of aryl methyl sites for hydroxylation is 1. The lowest BCUT2D eigenvalue weighted by Gasteiger charge is -2.18. The molecule has 1 heterocycles. The van der Waals surface area contributed by atoms with Gasteiger partial charge in [-0.05, 0) is 68.5 Å². The van der Waals surface area contributed by atoms with Gasteiger partial charge in [0, 0.05) is 51.6 Å². The van der Waals surface area contributed by atoms with Gasteiger partial charge in [0.25, 0.3) is 5.92 Å². The Kier molecular flexibility index (Phi) is 25.4. The second kappa shape index (κ2) is 24.3. The van der Waals surface area contributed by atoms with Crippen LogP contribution in [0.4, 0.5) is 8.78 Å². The maximum Gasteiger partial charge on any atom is 0.272 e. The van der Waals surface area contributed by atoms with E-state index in [0.717, 1.165) is 57.6 Å². The molecule has 1 unspecified atom stereocenters.